The van der Waals surface area contributed by atoms with E-state index in [1.54, 1.807) is 6.08 Å². The van der Waals surface area contributed by atoms with E-state index in [1.165, 1.54) is 29.8 Å². The Labute approximate surface area is 92.0 Å². The minimum absolute atomic E-state index is 0.296. The molecular weight excluding hydrogens is 219 g/mol. The van der Waals surface area contributed by atoms with E-state index in [9.17, 15) is 9.18 Å². The summed E-state index contributed by atoms with van der Waals surface area (Å²) in [6.45, 7) is 0. The maximum Gasteiger partial charge on any atom is 0.311 e. The van der Waals surface area contributed by atoms with Gasteiger partial charge in [-0.3, -0.25) is 4.79 Å². The van der Waals surface area contributed by atoms with Crippen molar-refractivity contribution in [2.75, 3.05) is 0 Å². The predicted molar refractivity (Wildman–Crippen MR) is 56.4 cm³/mol. The molecule has 0 spiro atoms. The van der Waals surface area contributed by atoms with Crippen molar-refractivity contribution in [1.29, 1.82) is 0 Å². The Morgan fingerprint density at radius 2 is 2.07 bits per heavy atom. The molecule has 0 aromatic heterocycles. The van der Waals surface area contributed by atoms with Crippen LogP contribution in [0.4, 0.5) is 4.39 Å². The Hall–Kier alpha value is -1.35. The maximum absolute atomic E-state index is 12.6. The lowest BCUT2D eigenvalue weighted by molar-refractivity contribution is -0.138. The number of halogens is 2. The highest BCUT2D eigenvalue weighted by atomic mass is 35.5. The number of hydrogen-bond acceptors (Lipinski definition) is 1. The van der Waals surface area contributed by atoms with Crippen LogP contribution in [0.25, 0.3) is 0 Å². The van der Waals surface area contributed by atoms with E-state index in [0.29, 0.717) is 12.0 Å². The Morgan fingerprint density at radius 1 is 1.47 bits per heavy atom. The van der Waals surface area contributed by atoms with Crippen LogP contribution in [0.2, 0.25) is 0 Å². The smallest absolute Gasteiger partial charge is 0.311 e. The van der Waals surface area contributed by atoms with Crippen molar-refractivity contribution in [3.05, 3.63) is 47.3 Å². The molecule has 1 aromatic rings. The summed E-state index contributed by atoms with van der Waals surface area (Å²) < 4.78 is 12.6. The van der Waals surface area contributed by atoms with E-state index in [0.717, 1.165) is 0 Å². The Kier molecular flexibility index (Phi) is 4.31. The second-order valence-electron chi connectivity index (χ2n) is 3.04. The zero-order chi connectivity index (χ0) is 11.3. The van der Waals surface area contributed by atoms with Gasteiger partial charge in [0.15, 0.2) is 0 Å². The van der Waals surface area contributed by atoms with E-state index in [-0.39, 0.29) is 5.82 Å². The van der Waals surface area contributed by atoms with Crippen molar-refractivity contribution in [2.45, 2.75) is 12.3 Å². The Balaban J connectivity index is 2.88. The van der Waals surface area contributed by atoms with E-state index in [4.69, 9.17) is 16.7 Å². The molecular formula is C11H10ClFO2. The number of aliphatic carboxylic acids is 1. The summed E-state index contributed by atoms with van der Waals surface area (Å²) >= 11 is 5.33. The minimum Gasteiger partial charge on any atom is -0.481 e. The number of carboxylic acids is 1. The van der Waals surface area contributed by atoms with Gasteiger partial charge < -0.3 is 5.11 Å². The first-order valence-corrected chi connectivity index (χ1v) is 4.82. The molecule has 0 aliphatic heterocycles. The Morgan fingerprint density at radius 3 is 2.53 bits per heavy atom. The van der Waals surface area contributed by atoms with Gasteiger partial charge >= 0.3 is 5.97 Å². The van der Waals surface area contributed by atoms with Gasteiger partial charge in [-0.1, -0.05) is 29.8 Å². The van der Waals surface area contributed by atoms with Crippen LogP contribution in [-0.2, 0) is 4.79 Å². The molecule has 4 heteroatoms. The summed E-state index contributed by atoms with van der Waals surface area (Å²) in [5.41, 5.74) is 1.85. The molecule has 0 bridgehead atoms. The van der Waals surface area contributed by atoms with Gasteiger partial charge in [0.1, 0.15) is 5.82 Å². The topological polar surface area (TPSA) is 37.3 Å². The SMILES string of the molecule is O=C(O)C(C/C=C/Cl)c1ccc(F)cc1. The summed E-state index contributed by atoms with van der Waals surface area (Å²) in [7, 11) is 0. The minimum atomic E-state index is -0.948. The van der Waals surface area contributed by atoms with E-state index in [1.807, 2.05) is 0 Å². The molecule has 1 rings (SSSR count). The zero-order valence-electron chi connectivity index (χ0n) is 7.86. The molecule has 0 fully saturated rings. The number of hydrogen-bond donors (Lipinski definition) is 1. The largest absolute Gasteiger partial charge is 0.481 e. The summed E-state index contributed by atoms with van der Waals surface area (Å²) in [6, 6.07) is 5.43. The van der Waals surface area contributed by atoms with Gasteiger partial charge in [-0.25, -0.2) is 4.39 Å². The second-order valence-corrected chi connectivity index (χ2v) is 3.29. The summed E-state index contributed by atoms with van der Waals surface area (Å²) in [5.74, 6) is -2.01. The molecule has 15 heavy (non-hydrogen) atoms. The third-order valence-corrected chi connectivity index (χ3v) is 2.21. The van der Waals surface area contributed by atoms with Gasteiger partial charge in [-0.05, 0) is 24.1 Å². The van der Waals surface area contributed by atoms with Crippen molar-refractivity contribution in [2.24, 2.45) is 0 Å². The number of carboxylic acid groups (broad SMARTS) is 1. The first kappa shape index (κ1) is 11.7. The van der Waals surface area contributed by atoms with Crippen LogP contribution in [0, 0.1) is 5.82 Å². The standard InChI is InChI=1S/C11H10ClFO2/c12-7-1-2-10(11(14)15)8-3-5-9(13)6-4-8/h1,3-7,10H,2H2,(H,14,15)/b7-1+. The van der Waals surface area contributed by atoms with Crippen molar-refractivity contribution in [1.82, 2.24) is 0 Å². The quantitative estimate of drug-likeness (QED) is 0.860. The maximum atomic E-state index is 12.6. The van der Waals surface area contributed by atoms with Crippen molar-refractivity contribution in [3.63, 3.8) is 0 Å². The molecule has 1 unspecified atom stereocenters. The van der Waals surface area contributed by atoms with Crippen LogP contribution >= 0.6 is 11.6 Å². The van der Waals surface area contributed by atoms with E-state index < -0.39 is 11.9 Å². The van der Waals surface area contributed by atoms with Crippen LogP contribution in [0.15, 0.2) is 35.9 Å². The molecule has 0 amide bonds. The van der Waals surface area contributed by atoms with Gasteiger partial charge in [0, 0.05) is 5.54 Å². The van der Waals surface area contributed by atoms with Gasteiger partial charge in [-0.2, -0.15) is 0 Å². The predicted octanol–water partition coefficient (Wildman–Crippen LogP) is 3.14. The monoisotopic (exact) mass is 228 g/mol. The van der Waals surface area contributed by atoms with E-state index >= 15 is 0 Å². The molecule has 80 valence electrons. The van der Waals surface area contributed by atoms with Gasteiger partial charge in [0.2, 0.25) is 0 Å². The average Bonchev–Trinajstić information content (AvgIpc) is 2.21. The highest BCUT2D eigenvalue weighted by Crippen LogP contribution is 2.21. The zero-order valence-corrected chi connectivity index (χ0v) is 8.62. The number of carbonyl (C=O) groups is 1. The molecule has 0 saturated heterocycles. The molecule has 0 aliphatic rings. The van der Waals surface area contributed by atoms with Crippen LogP contribution in [-0.4, -0.2) is 11.1 Å². The number of allylic oxidation sites excluding steroid dienone is 1. The number of rotatable bonds is 4. The molecule has 0 saturated carbocycles. The fraction of sp³-hybridized carbons (Fsp3) is 0.182. The Bertz CT molecular complexity index is 359. The van der Waals surface area contributed by atoms with Crippen molar-refractivity contribution in [3.8, 4) is 0 Å². The van der Waals surface area contributed by atoms with Gasteiger partial charge in [0.05, 0.1) is 5.92 Å². The summed E-state index contributed by atoms with van der Waals surface area (Å²) in [4.78, 5) is 10.9. The molecule has 0 aliphatic carbocycles. The molecule has 2 nitrogen and oxygen atoms in total. The van der Waals surface area contributed by atoms with Crippen LogP contribution in [0.3, 0.4) is 0 Å². The van der Waals surface area contributed by atoms with Crippen LogP contribution < -0.4 is 0 Å². The van der Waals surface area contributed by atoms with Crippen LogP contribution in [0.1, 0.15) is 17.9 Å². The average molecular weight is 229 g/mol. The lowest BCUT2D eigenvalue weighted by Gasteiger charge is -2.09. The first-order chi connectivity index (χ1) is 7.15. The third-order valence-electron chi connectivity index (χ3n) is 2.03. The number of benzene rings is 1. The molecule has 0 heterocycles. The fourth-order valence-electron chi connectivity index (χ4n) is 1.26. The molecule has 1 atom stereocenters. The highest BCUT2D eigenvalue weighted by Gasteiger charge is 2.17. The summed E-state index contributed by atoms with van der Waals surface area (Å²) in [5, 5.41) is 8.95. The van der Waals surface area contributed by atoms with Crippen molar-refractivity contribution >= 4 is 17.6 Å². The van der Waals surface area contributed by atoms with E-state index in [2.05, 4.69) is 0 Å². The normalized spacial score (nSPS) is 12.9. The molecule has 1 aromatic carbocycles. The van der Waals surface area contributed by atoms with Crippen molar-refractivity contribution < 1.29 is 14.3 Å². The third kappa shape index (κ3) is 3.36. The second kappa shape index (κ2) is 5.51. The highest BCUT2D eigenvalue weighted by molar-refractivity contribution is 6.25. The lowest BCUT2D eigenvalue weighted by Crippen LogP contribution is -2.10. The summed E-state index contributed by atoms with van der Waals surface area (Å²) in [6.07, 6.45) is 1.86. The van der Waals surface area contributed by atoms with Gasteiger partial charge in [0.25, 0.3) is 0 Å². The van der Waals surface area contributed by atoms with Crippen LogP contribution in [0.5, 0.6) is 0 Å². The molecule has 0 radical (unpaired) electrons. The van der Waals surface area contributed by atoms with Gasteiger partial charge in [-0.15, -0.1) is 0 Å². The molecule has 1 N–H and O–H groups in total. The fourth-order valence-corrected chi connectivity index (χ4v) is 1.36. The first-order valence-electron chi connectivity index (χ1n) is 4.38. The lowest BCUT2D eigenvalue weighted by atomic mass is 9.96.